The molecular weight excluding hydrogens is 765 g/mol. The Kier molecular flexibility index (Phi) is 12.4. The average molecular weight is 823 g/mol. The number of benzene rings is 2. The van der Waals surface area contributed by atoms with Gasteiger partial charge in [0.1, 0.15) is 23.9 Å². The SMILES string of the molecule is CCn1c(-c2cccnc2[C@H](C)OC)c2c3cc(ccc31)-c1cc(O)cc(c1)C[C@H](NC(=O)C(C(C)C)N1C[C@@H](O)CC1=O)C(=O)N1CCC[C@H](N1)C(=O)OCC(C)(C)C2. The number of hydrogen-bond donors (Lipinski definition) is 4. The molecule has 14 heteroatoms. The summed E-state index contributed by atoms with van der Waals surface area (Å²) in [5.74, 6) is -2.15. The highest BCUT2D eigenvalue weighted by Crippen LogP contribution is 2.42. The average Bonchev–Trinajstić information content (AvgIpc) is 3.71. The first-order valence-corrected chi connectivity index (χ1v) is 21.1. The van der Waals surface area contributed by atoms with Crippen LogP contribution in [0.4, 0.5) is 0 Å². The fourth-order valence-electron chi connectivity index (χ4n) is 9.11. The zero-order valence-electron chi connectivity index (χ0n) is 35.7. The van der Waals surface area contributed by atoms with Gasteiger partial charge in [0.25, 0.3) is 5.91 Å². The predicted molar refractivity (Wildman–Crippen MR) is 226 cm³/mol. The van der Waals surface area contributed by atoms with Crippen LogP contribution in [0.1, 0.15) is 83.7 Å². The van der Waals surface area contributed by atoms with E-state index in [1.165, 1.54) is 9.91 Å². The Morgan fingerprint density at radius 3 is 2.57 bits per heavy atom. The summed E-state index contributed by atoms with van der Waals surface area (Å²) in [6.07, 6.45) is 2.05. The number of hydrazine groups is 1. The summed E-state index contributed by atoms with van der Waals surface area (Å²) in [5, 5.41) is 26.8. The Labute approximate surface area is 351 Å². The first-order valence-electron chi connectivity index (χ1n) is 21.1. The number of phenolic OH excluding ortho intramolecular Hbond substituents is 1. The maximum absolute atomic E-state index is 14.5. The summed E-state index contributed by atoms with van der Waals surface area (Å²) in [5.41, 5.74) is 9.55. The Hall–Kier alpha value is -5.31. The summed E-state index contributed by atoms with van der Waals surface area (Å²) < 4.78 is 14.1. The van der Waals surface area contributed by atoms with Crippen LogP contribution in [0.3, 0.4) is 0 Å². The Morgan fingerprint density at radius 1 is 1.08 bits per heavy atom. The molecule has 4 N–H and O–H groups in total. The van der Waals surface area contributed by atoms with Crippen molar-refractivity contribution in [1.29, 1.82) is 0 Å². The molecule has 7 rings (SSSR count). The number of cyclic esters (lactones) is 1. The normalized spacial score (nSPS) is 22.1. The van der Waals surface area contributed by atoms with E-state index < -0.39 is 47.4 Å². The standard InChI is InChI=1S/C46H58N6O8/c1-8-50-38-14-13-29-21-34(38)35(42(50)33-11-9-15-47-40(33)27(4)59-7)23-46(5,6)25-60-45(58)36-12-10-16-52(49-36)44(57)37(19-28-17-30(29)20-31(53)18-28)48-43(56)41(26(2)3)51-24-32(54)22-39(51)55/h9,11,13-15,17-18,20-21,26-27,32,36-37,41,49,53-54H,8,10,12,16,19,22-25H2,1-7H3,(H,48,56)/t27-,32-,36-,37-,41?/m0/s1. The Bertz CT molecular complexity index is 2290. The van der Waals surface area contributed by atoms with Crippen LogP contribution in [0.15, 0.2) is 54.7 Å². The molecule has 5 atom stereocenters. The molecule has 320 valence electrons. The Balaban J connectivity index is 1.37. The van der Waals surface area contributed by atoms with Crippen LogP contribution in [0.2, 0.25) is 0 Å². The number of esters is 1. The third kappa shape index (κ3) is 8.63. The maximum atomic E-state index is 14.5. The van der Waals surface area contributed by atoms with Gasteiger partial charge in [-0.1, -0.05) is 39.8 Å². The summed E-state index contributed by atoms with van der Waals surface area (Å²) >= 11 is 0. The molecule has 6 bridgehead atoms. The fourth-order valence-corrected chi connectivity index (χ4v) is 9.11. The molecule has 2 aromatic carbocycles. The minimum atomic E-state index is -1.14. The van der Waals surface area contributed by atoms with Gasteiger partial charge in [-0.3, -0.25) is 29.2 Å². The molecule has 3 aliphatic rings. The summed E-state index contributed by atoms with van der Waals surface area (Å²) in [6.45, 7) is 12.9. The van der Waals surface area contributed by atoms with E-state index in [9.17, 15) is 29.4 Å². The van der Waals surface area contributed by atoms with Gasteiger partial charge in [-0.2, -0.15) is 0 Å². The van der Waals surface area contributed by atoms with Crippen molar-refractivity contribution in [1.82, 2.24) is 30.2 Å². The number of β-amino-alcohol motifs (C(OH)–C–C–N with tert-alkyl or cyclic N) is 1. The molecule has 2 fully saturated rings. The number of pyridine rings is 1. The summed E-state index contributed by atoms with van der Waals surface area (Å²) in [7, 11) is 1.67. The van der Waals surface area contributed by atoms with E-state index in [0.29, 0.717) is 31.4 Å². The molecule has 0 radical (unpaired) electrons. The van der Waals surface area contributed by atoms with Gasteiger partial charge in [-0.05, 0) is 97.7 Å². The lowest BCUT2D eigenvalue weighted by Crippen LogP contribution is -2.62. The number of phenols is 1. The lowest BCUT2D eigenvalue weighted by Gasteiger charge is -2.36. The number of rotatable bonds is 8. The third-order valence-electron chi connectivity index (χ3n) is 12.1. The van der Waals surface area contributed by atoms with Crippen LogP contribution in [-0.4, -0.2) is 104 Å². The number of aromatic hydroxyl groups is 1. The lowest BCUT2D eigenvalue weighted by molar-refractivity contribution is -0.155. The Morgan fingerprint density at radius 2 is 1.87 bits per heavy atom. The van der Waals surface area contributed by atoms with Gasteiger partial charge in [0.2, 0.25) is 11.8 Å². The van der Waals surface area contributed by atoms with Crippen LogP contribution in [0.25, 0.3) is 33.3 Å². The van der Waals surface area contributed by atoms with Gasteiger partial charge in [-0.25, -0.2) is 5.43 Å². The minimum absolute atomic E-state index is 0.000163. The lowest BCUT2D eigenvalue weighted by atomic mass is 9.84. The van der Waals surface area contributed by atoms with E-state index in [-0.39, 0.29) is 56.2 Å². The van der Waals surface area contributed by atoms with Crippen LogP contribution in [0.5, 0.6) is 5.75 Å². The number of carbonyl (C=O) groups excluding carboxylic acids is 4. The number of fused-ring (bicyclic) bond motifs is 6. The molecule has 4 aromatic rings. The molecule has 14 nitrogen and oxygen atoms in total. The van der Waals surface area contributed by atoms with E-state index in [4.69, 9.17) is 14.5 Å². The number of methoxy groups -OCH3 is 1. The van der Waals surface area contributed by atoms with Crippen LogP contribution < -0.4 is 10.7 Å². The van der Waals surface area contributed by atoms with E-state index in [0.717, 1.165) is 44.5 Å². The number of aryl methyl sites for hydroxylation is 1. The number of hydrogen-bond acceptors (Lipinski definition) is 10. The van der Waals surface area contributed by atoms with Crippen molar-refractivity contribution < 1.29 is 38.9 Å². The smallest absolute Gasteiger partial charge is 0.324 e. The van der Waals surface area contributed by atoms with Gasteiger partial charge < -0.3 is 34.5 Å². The van der Waals surface area contributed by atoms with Gasteiger partial charge in [-0.15, -0.1) is 0 Å². The monoisotopic (exact) mass is 822 g/mol. The first kappa shape index (κ1) is 42.8. The van der Waals surface area contributed by atoms with E-state index in [2.05, 4.69) is 54.3 Å². The molecule has 0 spiro atoms. The maximum Gasteiger partial charge on any atom is 0.324 e. The minimum Gasteiger partial charge on any atom is -0.508 e. The molecule has 3 amide bonds. The van der Waals surface area contributed by atoms with Crippen LogP contribution in [-0.2, 0) is 48.0 Å². The highest BCUT2D eigenvalue weighted by Gasteiger charge is 2.41. The topological polar surface area (TPSA) is 176 Å². The molecule has 1 unspecified atom stereocenters. The largest absolute Gasteiger partial charge is 0.508 e. The molecule has 2 saturated heterocycles. The summed E-state index contributed by atoms with van der Waals surface area (Å²) in [4.78, 5) is 61.5. The zero-order valence-corrected chi connectivity index (χ0v) is 35.7. The number of likely N-dealkylation sites (tertiary alicyclic amines) is 1. The number of ether oxygens (including phenoxy) is 2. The quantitative estimate of drug-likeness (QED) is 0.176. The highest BCUT2D eigenvalue weighted by molar-refractivity contribution is 5.96. The van der Waals surface area contributed by atoms with Gasteiger partial charge in [0.05, 0.1) is 36.6 Å². The van der Waals surface area contributed by atoms with Gasteiger partial charge in [0, 0.05) is 61.2 Å². The van der Waals surface area contributed by atoms with Crippen LogP contribution in [0, 0.1) is 11.3 Å². The van der Waals surface area contributed by atoms with Crippen molar-refractivity contribution in [3.05, 3.63) is 71.5 Å². The van der Waals surface area contributed by atoms with Crippen molar-refractivity contribution in [3.8, 4) is 28.1 Å². The van der Waals surface area contributed by atoms with Gasteiger partial charge >= 0.3 is 5.97 Å². The highest BCUT2D eigenvalue weighted by atomic mass is 16.5. The molecule has 0 saturated carbocycles. The van der Waals surface area contributed by atoms with Crippen molar-refractivity contribution >= 4 is 34.6 Å². The van der Waals surface area contributed by atoms with Crippen LogP contribution >= 0.6 is 0 Å². The number of aliphatic hydroxyl groups is 1. The molecule has 2 aromatic heterocycles. The molecule has 3 aliphatic heterocycles. The fraction of sp³-hybridized carbons (Fsp3) is 0.500. The number of aromatic nitrogens is 2. The van der Waals surface area contributed by atoms with E-state index in [1.807, 2.05) is 39.0 Å². The second-order valence-corrected chi connectivity index (χ2v) is 17.6. The van der Waals surface area contributed by atoms with Gasteiger partial charge in [0.15, 0.2) is 0 Å². The number of aliphatic hydroxyl groups excluding tert-OH is 1. The molecule has 60 heavy (non-hydrogen) atoms. The number of nitrogens with one attached hydrogen (secondary N) is 2. The van der Waals surface area contributed by atoms with E-state index >= 15 is 0 Å². The molecular formula is C46H58N6O8. The number of carbonyl (C=O) groups is 4. The first-order chi connectivity index (χ1) is 28.6. The van der Waals surface area contributed by atoms with Crippen molar-refractivity contribution in [2.45, 2.75) is 111 Å². The third-order valence-corrected chi connectivity index (χ3v) is 12.1. The summed E-state index contributed by atoms with van der Waals surface area (Å²) in [6, 6.07) is 12.5. The van der Waals surface area contributed by atoms with Crippen molar-refractivity contribution in [2.24, 2.45) is 11.3 Å². The number of nitrogens with zero attached hydrogens (tertiary/aromatic N) is 4. The van der Waals surface area contributed by atoms with Crippen molar-refractivity contribution in [3.63, 3.8) is 0 Å². The predicted octanol–water partition coefficient (Wildman–Crippen LogP) is 5.07. The second-order valence-electron chi connectivity index (χ2n) is 17.6. The molecule has 5 heterocycles. The second kappa shape index (κ2) is 17.3. The van der Waals surface area contributed by atoms with E-state index in [1.54, 1.807) is 25.4 Å². The molecule has 0 aliphatic carbocycles. The number of amides is 3. The van der Waals surface area contributed by atoms with Crippen molar-refractivity contribution in [2.75, 3.05) is 26.8 Å². The zero-order chi connectivity index (χ0) is 43.0.